The van der Waals surface area contributed by atoms with Crippen LogP contribution in [0, 0.1) is 0 Å². The average molecular weight is 263 g/mol. The van der Waals surface area contributed by atoms with E-state index >= 15 is 0 Å². The van der Waals surface area contributed by atoms with Gasteiger partial charge in [0, 0.05) is 0 Å². The van der Waals surface area contributed by atoms with E-state index in [1.807, 2.05) is 0 Å². The summed E-state index contributed by atoms with van der Waals surface area (Å²) in [4.78, 5) is 15.5. The first-order valence-corrected chi connectivity index (χ1v) is 5.57. The van der Waals surface area contributed by atoms with Crippen molar-refractivity contribution in [1.29, 1.82) is 0 Å². The molecular formula is C12H11ClN4O. The van der Waals surface area contributed by atoms with Crippen molar-refractivity contribution in [2.24, 2.45) is 0 Å². The number of benzene rings is 1. The first kappa shape index (κ1) is 12.2. The summed E-state index contributed by atoms with van der Waals surface area (Å²) in [6, 6.07) is 9.85. The third kappa shape index (κ3) is 3.11. The van der Waals surface area contributed by atoms with E-state index < -0.39 is 6.03 Å². The lowest BCUT2D eigenvalue weighted by atomic mass is 10.3. The van der Waals surface area contributed by atoms with E-state index in [-0.39, 0.29) is 0 Å². The summed E-state index contributed by atoms with van der Waals surface area (Å²) in [5.74, 6) is 0.395. The number of halogens is 1. The lowest BCUT2D eigenvalue weighted by molar-refractivity contribution is 0.262. The summed E-state index contributed by atoms with van der Waals surface area (Å²) in [7, 11) is 0. The number of nitrogens with two attached hydrogens (primary N) is 1. The van der Waals surface area contributed by atoms with Gasteiger partial charge < -0.3 is 16.4 Å². The molecule has 1 aromatic carbocycles. The maximum atomic E-state index is 11.7. The standard InChI is InChI=1S/C12H11ClN4O/c13-9-3-1-2-4-10(9)17-12(18)16-8-5-6-11(14)15-7-8/h1-7H,(H2,14,15)(H2,16,17,18). The molecule has 4 N–H and O–H groups in total. The van der Waals surface area contributed by atoms with Crippen molar-refractivity contribution in [2.45, 2.75) is 0 Å². The third-order valence-corrected chi connectivity index (χ3v) is 2.50. The zero-order valence-electron chi connectivity index (χ0n) is 9.35. The molecule has 0 aliphatic carbocycles. The highest BCUT2D eigenvalue weighted by molar-refractivity contribution is 6.33. The fourth-order valence-corrected chi connectivity index (χ4v) is 1.51. The first-order valence-electron chi connectivity index (χ1n) is 5.19. The Morgan fingerprint density at radius 3 is 2.61 bits per heavy atom. The van der Waals surface area contributed by atoms with E-state index in [4.69, 9.17) is 17.3 Å². The second kappa shape index (κ2) is 5.37. The molecule has 0 aliphatic heterocycles. The number of urea groups is 1. The molecule has 0 aliphatic rings. The fraction of sp³-hybridized carbons (Fsp3) is 0. The molecule has 92 valence electrons. The second-order valence-corrected chi connectivity index (χ2v) is 3.94. The predicted molar refractivity (Wildman–Crippen MR) is 72.7 cm³/mol. The molecule has 0 atom stereocenters. The van der Waals surface area contributed by atoms with E-state index in [0.717, 1.165) is 0 Å². The lowest BCUT2D eigenvalue weighted by Crippen LogP contribution is -2.19. The molecule has 2 aromatic rings. The molecule has 0 fully saturated rings. The molecule has 0 saturated carbocycles. The second-order valence-electron chi connectivity index (χ2n) is 3.53. The van der Waals surface area contributed by atoms with Gasteiger partial charge in [0.1, 0.15) is 5.82 Å². The highest BCUT2D eigenvalue weighted by atomic mass is 35.5. The minimum Gasteiger partial charge on any atom is -0.384 e. The monoisotopic (exact) mass is 262 g/mol. The van der Waals surface area contributed by atoms with Gasteiger partial charge in [0.25, 0.3) is 0 Å². The molecule has 2 amide bonds. The molecule has 5 nitrogen and oxygen atoms in total. The molecule has 2 rings (SSSR count). The Hall–Kier alpha value is -2.27. The number of amides is 2. The van der Waals surface area contributed by atoms with Gasteiger partial charge in [-0.05, 0) is 24.3 Å². The van der Waals surface area contributed by atoms with Crippen LogP contribution in [0.1, 0.15) is 0 Å². The van der Waals surface area contributed by atoms with Crippen molar-refractivity contribution in [3.63, 3.8) is 0 Å². The van der Waals surface area contributed by atoms with Crippen LogP contribution < -0.4 is 16.4 Å². The minimum atomic E-state index is -0.394. The lowest BCUT2D eigenvalue weighted by Gasteiger charge is -2.08. The number of rotatable bonds is 2. The number of hydrogen-bond donors (Lipinski definition) is 3. The summed E-state index contributed by atoms with van der Waals surface area (Å²) in [5.41, 5.74) is 6.54. The van der Waals surface area contributed by atoms with Gasteiger partial charge in [0.2, 0.25) is 0 Å². The molecule has 6 heteroatoms. The third-order valence-electron chi connectivity index (χ3n) is 2.17. The van der Waals surface area contributed by atoms with Gasteiger partial charge in [0.05, 0.1) is 22.6 Å². The fourth-order valence-electron chi connectivity index (χ4n) is 1.33. The summed E-state index contributed by atoms with van der Waals surface area (Å²) in [5, 5.41) is 5.73. The average Bonchev–Trinajstić information content (AvgIpc) is 2.35. The van der Waals surface area contributed by atoms with Crippen LogP contribution in [-0.4, -0.2) is 11.0 Å². The Bertz CT molecular complexity index is 556. The number of nitrogens with one attached hydrogen (secondary N) is 2. The van der Waals surface area contributed by atoms with Crippen LogP contribution in [0.4, 0.5) is 22.0 Å². The van der Waals surface area contributed by atoms with Crippen LogP contribution in [-0.2, 0) is 0 Å². The largest absolute Gasteiger partial charge is 0.384 e. The number of nitrogens with zero attached hydrogens (tertiary/aromatic N) is 1. The van der Waals surface area contributed by atoms with Crippen LogP contribution >= 0.6 is 11.6 Å². The highest BCUT2D eigenvalue weighted by Gasteiger charge is 2.05. The van der Waals surface area contributed by atoms with Crippen molar-refractivity contribution in [1.82, 2.24) is 4.98 Å². The Morgan fingerprint density at radius 1 is 1.17 bits per heavy atom. The van der Waals surface area contributed by atoms with Gasteiger partial charge in [-0.25, -0.2) is 9.78 Å². The smallest absolute Gasteiger partial charge is 0.323 e. The number of para-hydroxylation sites is 1. The van der Waals surface area contributed by atoms with Crippen LogP contribution in [0.15, 0.2) is 42.6 Å². The van der Waals surface area contributed by atoms with E-state index in [1.165, 1.54) is 6.20 Å². The summed E-state index contributed by atoms with van der Waals surface area (Å²) in [6.45, 7) is 0. The van der Waals surface area contributed by atoms with E-state index in [9.17, 15) is 4.79 Å². The van der Waals surface area contributed by atoms with Crippen molar-refractivity contribution < 1.29 is 4.79 Å². The van der Waals surface area contributed by atoms with Crippen LogP contribution in [0.2, 0.25) is 5.02 Å². The number of pyridine rings is 1. The first-order chi connectivity index (χ1) is 8.65. The molecule has 0 unspecified atom stereocenters. The molecule has 1 aromatic heterocycles. The van der Waals surface area contributed by atoms with E-state index in [0.29, 0.717) is 22.2 Å². The van der Waals surface area contributed by atoms with Gasteiger partial charge in [-0.1, -0.05) is 23.7 Å². The number of aromatic nitrogens is 1. The van der Waals surface area contributed by atoms with Gasteiger partial charge in [-0.15, -0.1) is 0 Å². The van der Waals surface area contributed by atoms with Gasteiger partial charge in [0.15, 0.2) is 0 Å². The molecule has 0 spiro atoms. The number of anilines is 3. The molecule has 0 saturated heterocycles. The SMILES string of the molecule is Nc1ccc(NC(=O)Nc2ccccc2Cl)cn1. The summed E-state index contributed by atoms with van der Waals surface area (Å²) >= 11 is 5.92. The van der Waals surface area contributed by atoms with Crippen molar-refractivity contribution >= 4 is 34.8 Å². The van der Waals surface area contributed by atoms with Crippen molar-refractivity contribution in [2.75, 3.05) is 16.4 Å². The summed E-state index contributed by atoms with van der Waals surface area (Å²) < 4.78 is 0. The Balaban J connectivity index is 2.01. The number of hydrogen-bond acceptors (Lipinski definition) is 3. The maximum Gasteiger partial charge on any atom is 0.323 e. The molecule has 0 bridgehead atoms. The van der Waals surface area contributed by atoms with Crippen LogP contribution in [0.3, 0.4) is 0 Å². The highest BCUT2D eigenvalue weighted by Crippen LogP contribution is 2.20. The molecule has 1 heterocycles. The van der Waals surface area contributed by atoms with E-state index in [2.05, 4.69) is 15.6 Å². The summed E-state index contributed by atoms with van der Waals surface area (Å²) in [6.07, 6.45) is 1.47. The zero-order valence-corrected chi connectivity index (χ0v) is 10.1. The Morgan fingerprint density at radius 2 is 1.94 bits per heavy atom. The van der Waals surface area contributed by atoms with Gasteiger partial charge in [-0.2, -0.15) is 0 Å². The number of carbonyl (C=O) groups excluding carboxylic acids is 1. The molecule has 18 heavy (non-hydrogen) atoms. The molecule has 0 radical (unpaired) electrons. The van der Waals surface area contributed by atoms with Crippen LogP contribution in [0.25, 0.3) is 0 Å². The molecular weight excluding hydrogens is 252 g/mol. The number of nitrogen functional groups attached to an aromatic ring is 1. The predicted octanol–water partition coefficient (Wildman–Crippen LogP) is 2.96. The van der Waals surface area contributed by atoms with Crippen molar-refractivity contribution in [3.8, 4) is 0 Å². The number of carbonyl (C=O) groups is 1. The topological polar surface area (TPSA) is 80.0 Å². The van der Waals surface area contributed by atoms with Crippen molar-refractivity contribution in [3.05, 3.63) is 47.6 Å². The minimum absolute atomic E-state index is 0.394. The van der Waals surface area contributed by atoms with E-state index in [1.54, 1.807) is 36.4 Å². The van der Waals surface area contributed by atoms with Gasteiger partial charge in [-0.3, -0.25) is 0 Å². The zero-order chi connectivity index (χ0) is 13.0. The Labute approximate surface area is 109 Å². The Kier molecular flexibility index (Phi) is 3.64. The normalized spacial score (nSPS) is 9.83. The van der Waals surface area contributed by atoms with Crippen LogP contribution in [0.5, 0.6) is 0 Å². The quantitative estimate of drug-likeness (QED) is 0.778. The van der Waals surface area contributed by atoms with Gasteiger partial charge >= 0.3 is 6.03 Å². The maximum absolute atomic E-state index is 11.7.